The van der Waals surface area contributed by atoms with Crippen LogP contribution < -0.4 is 0 Å². The molecule has 0 aliphatic carbocycles. The van der Waals surface area contributed by atoms with Gasteiger partial charge in [0.15, 0.2) is 0 Å². The first-order valence-corrected chi connectivity index (χ1v) is 4.36. The molecule has 0 aromatic carbocycles. The van der Waals surface area contributed by atoms with Gasteiger partial charge in [0.25, 0.3) is 0 Å². The Kier molecular flexibility index (Phi) is 4.49. The third kappa shape index (κ3) is 2.95. The highest BCUT2D eigenvalue weighted by atomic mass is 16.6. The van der Waals surface area contributed by atoms with Crippen molar-refractivity contribution >= 4 is 5.97 Å². The van der Waals surface area contributed by atoms with Crippen LogP contribution in [0.4, 0.5) is 0 Å². The summed E-state index contributed by atoms with van der Waals surface area (Å²) in [6.07, 6.45) is 0. The molecule has 0 aromatic rings. The Balaban J connectivity index is 4.70. The Morgan fingerprint density at radius 1 is 1.64 bits per heavy atom. The summed E-state index contributed by atoms with van der Waals surface area (Å²) < 4.78 is 4.58. The molecule has 0 fully saturated rings. The van der Waals surface area contributed by atoms with Crippen molar-refractivity contribution in [3.8, 4) is 0 Å². The lowest BCUT2D eigenvalue weighted by Crippen LogP contribution is -2.50. The molecule has 6 heteroatoms. The van der Waals surface area contributed by atoms with E-state index in [1.54, 1.807) is 6.92 Å². The number of nitrogens with zero attached hydrogens (tertiary/aromatic N) is 1. The molecule has 82 valence electrons. The molecule has 6 nitrogen and oxygen atoms in total. The number of hydrogen-bond donors (Lipinski definition) is 1. The van der Waals surface area contributed by atoms with Crippen LogP contribution in [0.5, 0.6) is 0 Å². The van der Waals surface area contributed by atoms with Gasteiger partial charge in [0.1, 0.15) is 0 Å². The molecule has 0 rings (SSSR count). The number of hydrogen-bond acceptors (Lipinski definition) is 5. The Bertz CT molecular complexity index is 228. The van der Waals surface area contributed by atoms with Crippen LogP contribution in [-0.4, -0.2) is 34.8 Å². The van der Waals surface area contributed by atoms with Gasteiger partial charge in [-0.1, -0.05) is 13.8 Å². The van der Waals surface area contributed by atoms with Gasteiger partial charge < -0.3 is 9.84 Å². The average molecular weight is 205 g/mol. The van der Waals surface area contributed by atoms with Crippen molar-refractivity contribution in [2.24, 2.45) is 5.92 Å². The summed E-state index contributed by atoms with van der Waals surface area (Å²) in [7, 11) is 0. The monoisotopic (exact) mass is 205 g/mol. The minimum Gasteiger partial charge on any atom is -0.464 e. The first-order valence-electron chi connectivity index (χ1n) is 4.36. The van der Waals surface area contributed by atoms with Crippen LogP contribution in [-0.2, 0) is 9.53 Å². The predicted molar refractivity (Wildman–Crippen MR) is 48.3 cm³/mol. The maximum absolute atomic E-state index is 11.3. The molecular weight excluding hydrogens is 190 g/mol. The van der Waals surface area contributed by atoms with Gasteiger partial charge in [-0.05, 0) is 12.8 Å². The Morgan fingerprint density at radius 2 is 2.14 bits per heavy atom. The highest BCUT2D eigenvalue weighted by Crippen LogP contribution is 2.19. The van der Waals surface area contributed by atoms with E-state index >= 15 is 0 Å². The molecule has 1 N–H and O–H groups in total. The van der Waals surface area contributed by atoms with Crippen LogP contribution in [0.2, 0.25) is 0 Å². The fourth-order valence-corrected chi connectivity index (χ4v) is 0.936. The van der Waals surface area contributed by atoms with Crippen molar-refractivity contribution in [2.45, 2.75) is 26.4 Å². The van der Waals surface area contributed by atoms with E-state index in [0.717, 1.165) is 0 Å². The van der Waals surface area contributed by atoms with Crippen LogP contribution in [0, 0.1) is 16.0 Å². The van der Waals surface area contributed by atoms with E-state index in [-0.39, 0.29) is 6.61 Å². The second kappa shape index (κ2) is 4.90. The predicted octanol–water partition coefficient (Wildman–Crippen LogP) is 0.213. The molecule has 0 aliphatic heterocycles. The van der Waals surface area contributed by atoms with E-state index in [9.17, 15) is 20.0 Å². The first-order chi connectivity index (χ1) is 6.34. The van der Waals surface area contributed by atoms with Gasteiger partial charge in [0, 0.05) is 4.92 Å². The molecule has 0 radical (unpaired) electrons. The normalized spacial score (nSPS) is 14.9. The molecule has 0 bridgehead atoms. The average Bonchev–Trinajstić information content (AvgIpc) is 2.02. The highest BCUT2D eigenvalue weighted by molar-refractivity contribution is 5.79. The largest absolute Gasteiger partial charge is 0.464 e. The molecule has 0 spiro atoms. The summed E-state index contributed by atoms with van der Waals surface area (Å²) in [6.45, 7) is 3.89. The van der Waals surface area contributed by atoms with Crippen molar-refractivity contribution < 1.29 is 19.6 Å². The van der Waals surface area contributed by atoms with E-state index in [0.29, 0.717) is 0 Å². The van der Waals surface area contributed by atoms with Gasteiger partial charge >= 0.3 is 5.97 Å². The summed E-state index contributed by atoms with van der Waals surface area (Å²) in [5.41, 5.74) is -2.03. The zero-order chi connectivity index (χ0) is 11.4. The second-order valence-corrected chi connectivity index (χ2v) is 3.29. The van der Waals surface area contributed by atoms with Crippen LogP contribution in [0.3, 0.4) is 0 Å². The van der Waals surface area contributed by atoms with Gasteiger partial charge in [0.05, 0.1) is 6.61 Å². The minimum absolute atomic E-state index is 0.0889. The molecule has 1 atom stereocenters. The maximum Gasteiger partial charge on any atom is 0.345 e. The molecular formula is C8H15NO5. The molecule has 14 heavy (non-hydrogen) atoms. The van der Waals surface area contributed by atoms with Crippen molar-refractivity contribution in [1.29, 1.82) is 0 Å². The summed E-state index contributed by atoms with van der Waals surface area (Å²) in [4.78, 5) is 20.8. The summed E-state index contributed by atoms with van der Waals surface area (Å²) in [5.74, 6) is -1.50. The third-order valence-corrected chi connectivity index (χ3v) is 1.95. The topological polar surface area (TPSA) is 89.7 Å². The zero-order valence-corrected chi connectivity index (χ0v) is 8.52. The Hall–Kier alpha value is -1.17. The number of carbonyl (C=O) groups is 1. The SMILES string of the molecule is CCOC(=O)C(O)(C[N+](=O)[O-])C(C)C. The lowest BCUT2D eigenvalue weighted by atomic mass is 9.90. The first kappa shape index (κ1) is 12.8. The van der Waals surface area contributed by atoms with Gasteiger partial charge in [-0.25, -0.2) is 4.79 Å². The number of rotatable bonds is 5. The van der Waals surface area contributed by atoms with Crippen LogP contribution in [0.1, 0.15) is 20.8 Å². The Morgan fingerprint density at radius 3 is 2.43 bits per heavy atom. The van der Waals surface area contributed by atoms with E-state index in [4.69, 9.17) is 0 Å². The van der Waals surface area contributed by atoms with Gasteiger partial charge in [-0.3, -0.25) is 10.1 Å². The molecule has 0 heterocycles. The van der Waals surface area contributed by atoms with Gasteiger partial charge in [-0.15, -0.1) is 0 Å². The van der Waals surface area contributed by atoms with Crippen molar-refractivity contribution in [3.05, 3.63) is 10.1 Å². The molecule has 0 saturated carbocycles. The number of aliphatic hydroxyl groups is 1. The molecule has 0 aromatic heterocycles. The van der Waals surface area contributed by atoms with Crippen molar-refractivity contribution in [2.75, 3.05) is 13.2 Å². The minimum atomic E-state index is -2.03. The second-order valence-electron chi connectivity index (χ2n) is 3.29. The van der Waals surface area contributed by atoms with Crippen LogP contribution >= 0.6 is 0 Å². The highest BCUT2D eigenvalue weighted by Gasteiger charge is 2.46. The third-order valence-electron chi connectivity index (χ3n) is 1.95. The van der Waals surface area contributed by atoms with Crippen LogP contribution in [0.25, 0.3) is 0 Å². The zero-order valence-electron chi connectivity index (χ0n) is 8.52. The summed E-state index contributed by atoms with van der Waals surface area (Å²) in [6, 6.07) is 0. The number of ether oxygens (including phenoxy) is 1. The number of esters is 1. The molecule has 0 saturated heterocycles. The van der Waals surface area contributed by atoms with Crippen molar-refractivity contribution in [3.63, 3.8) is 0 Å². The lowest BCUT2D eigenvalue weighted by Gasteiger charge is -2.25. The molecule has 1 unspecified atom stereocenters. The summed E-state index contributed by atoms with van der Waals surface area (Å²) in [5, 5.41) is 20.0. The quantitative estimate of drug-likeness (QED) is 0.393. The smallest absolute Gasteiger partial charge is 0.345 e. The summed E-state index contributed by atoms with van der Waals surface area (Å²) >= 11 is 0. The molecule has 0 amide bonds. The van der Waals surface area contributed by atoms with Crippen LogP contribution in [0.15, 0.2) is 0 Å². The fourth-order valence-electron chi connectivity index (χ4n) is 0.936. The van der Waals surface area contributed by atoms with Crippen molar-refractivity contribution in [1.82, 2.24) is 0 Å². The van der Waals surface area contributed by atoms with E-state index in [2.05, 4.69) is 4.74 Å². The maximum atomic E-state index is 11.3. The van der Waals surface area contributed by atoms with Gasteiger partial charge in [0.2, 0.25) is 12.1 Å². The standard InChI is InChI=1S/C8H15NO5/c1-4-14-7(10)8(11,6(2)3)5-9(12)13/h6,11H,4-5H2,1-3H3. The Labute approximate surface area is 82.0 Å². The van der Waals surface area contributed by atoms with E-state index in [1.165, 1.54) is 13.8 Å². The lowest BCUT2D eigenvalue weighted by molar-refractivity contribution is -0.499. The number of carbonyl (C=O) groups excluding carboxylic acids is 1. The fraction of sp³-hybridized carbons (Fsp3) is 0.875. The van der Waals surface area contributed by atoms with E-state index < -0.39 is 29.0 Å². The van der Waals surface area contributed by atoms with Gasteiger partial charge in [-0.2, -0.15) is 0 Å². The van der Waals surface area contributed by atoms with E-state index in [1.807, 2.05) is 0 Å². The number of nitro groups is 1. The molecule has 0 aliphatic rings.